The van der Waals surface area contributed by atoms with Gasteiger partial charge in [-0.25, -0.2) is 9.36 Å². The number of aliphatic hydroxyl groups excluding tert-OH is 4. The maximum absolute atomic E-state index is 12.4. The van der Waals surface area contributed by atoms with Crippen LogP contribution in [0.25, 0.3) is 0 Å². The first kappa shape index (κ1) is 38.5. The van der Waals surface area contributed by atoms with Crippen molar-refractivity contribution in [2.24, 2.45) is 0 Å². The number of unbranched alkanes of at least 4 members (excludes halogenated alkanes) is 2. The first-order valence-electron chi connectivity index (χ1n) is 13.8. The lowest BCUT2D eigenvalue weighted by atomic mass is 9.88. The van der Waals surface area contributed by atoms with Crippen LogP contribution < -0.4 is 10.6 Å². The molecule has 1 fully saturated rings. The first-order valence-corrected chi connectivity index (χ1v) is 15.7. The molecule has 1 aromatic carbocycles. The standard InChI is InChI=1S/C27H38ClN2O14P/c1-2-10-42-45(39,40)43-12-5-3-4-11-41-27(26(37)38)14-19(32)23(30-22(35)16-31)25(44-27)24(36)20(33)15-29-21(34)13-17-6-8-18(28)9-7-17/h1,6-9,19-20,23-25,31-33,36H,3-5,10-16H2,(H,29,34)(H,30,35)(H,37,38)(H,39,40)/t19-,20+,23+,24+,25?,27+/m0/s1. The number of benzene rings is 1. The van der Waals surface area contributed by atoms with Gasteiger partial charge in [0.2, 0.25) is 11.8 Å². The van der Waals surface area contributed by atoms with Crippen LogP contribution in [0.15, 0.2) is 24.3 Å². The average molecular weight is 681 g/mol. The second kappa shape index (κ2) is 18.5. The molecule has 1 aliphatic rings. The number of halogens is 1. The fourth-order valence-corrected chi connectivity index (χ4v) is 5.11. The number of phosphoric ester groups is 1. The van der Waals surface area contributed by atoms with Crippen molar-refractivity contribution in [2.75, 3.05) is 33.0 Å². The summed E-state index contributed by atoms with van der Waals surface area (Å²) >= 11 is 5.84. The Hall–Kier alpha value is -2.65. The van der Waals surface area contributed by atoms with Crippen molar-refractivity contribution in [2.45, 2.75) is 68.3 Å². The molecule has 7 atom stereocenters. The van der Waals surface area contributed by atoms with Crippen LogP contribution in [0.5, 0.6) is 0 Å². The van der Waals surface area contributed by atoms with E-state index in [1.54, 1.807) is 24.3 Å². The maximum Gasteiger partial charge on any atom is 0.473 e. The number of carboxylic acids is 1. The van der Waals surface area contributed by atoms with E-state index in [4.69, 9.17) is 32.0 Å². The number of hydrogen-bond donors (Lipinski definition) is 8. The van der Waals surface area contributed by atoms with Crippen molar-refractivity contribution in [3.05, 3.63) is 34.9 Å². The third-order valence-electron chi connectivity index (χ3n) is 6.58. The Morgan fingerprint density at radius 1 is 1.13 bits per heavy atom. The summed E-state index contributed by atoms with van der Waals surface area (Å²) in [6.45, 7) is -2.35. The molecular weight excluding hydrogens is 643 g/mol. The molecule has 0 spiro atoms. The Bertz CT molecular complexity index is 1210. The van der Waals surface area contributed by atoms with Gasteiger partial charge in [0.25, 0.3) is 5.79 Å². The van der Waals surface area contributed by atoms with Crippen LogP contribution in [0.1, 0.15) is 31.2 Å². The molecule has 2 amide bonds. The topological polar surface area (TPSA) is 251 Å². The highest BCUT2D eigenvalue weighted by Gasteiger charge is 2.55. The minimum absolute atomic E-state index is 0.0746. The van der Waals surface area contributed by atoms with Crippen molar-refractivity contribution in [3.8, 4) is 12.3 Å². The molecule has 45 heavy (non-hydrogen) atoms. The predicted octanol–water partition coefficient (Wildman–Crippen LogP) is -0.918. The summed E-state index contributed by atoms with van der Waals surface area (Å²) in [4.78, 5) is 46.1. The number of aliphatic carboxylic acids is 1. The van der Waals surface area contributed by atoms with Gasteiger partial charge in [-0.1, -0.05) is 29.7 Å². The number of rotatable bonds is 19. The van der Waals surface area contributed by atoms with Crippen molar-refractivity contribution in [3.63, 3.8) is 0 Å². The Balaban J connectivity index is 2.04. The molecule has 0 bridgehead atoms. The highest BCUT2D eigenvalue weighted by molar-refractivity contribution is 7.47. The highest BCUT2D eigenvalue weighted by Crippen LogP contribution is 2.43. The van der Waals surface area contributed by atoms with Crippen molar-refractivity contribution in [1.82, 2.24) is 10.6 Å². The van der Waals surface area contributed by atoms with Gasteiger partial charge in [0.15, 0.2) is 0 Å². The van der Waals surface area contributed by atoms with E-state index in [2.05, 4.69) is 15.2 Å². The van der Waals surface area contributed by atoms with Crippen LogP contribution >= 0.6 is 19.4 Å². The van der Waals surface area contributed by atoms with Crippen LogP contribution in [-0.4, -0.2) is 117 Å². The van der Waals surface area contributed by atoms with Crippen LogP contribution in [0, 0.1) is 12.3 Å². The fourth-order valence-electron chi connectivity index (χ4n) is 4.31. The molecule has 1 aliphatic heterocycles. The zero-order chi connectivity index (χ0) is 33.6. The number of hydrogen-bond acceptors (Lipinski definition) is 12. The summed E-state index contributed by atoms with van der Waals surface area (Å²) in [5.41, 5.74) is 0.621. The van der Waals surface area contributed by atoms with E-state index in [1.807, 2.05) is 5.92 Å². The van der Waals surface area contributed by atoms with Crippen LogP contribution in [0.4, 0.5) is 0 Å². The van der Waals surface area contributed by atoms with E-state index in [0.29, 0.717) is 17.0 Å². The van der Waals surface area contributed by atoms with E-state index in [-0.39, 0.29) is 32.5 Å². The number of terminal acetylenes is 1. The summed E-state index contributed by atoms with van der Waals surface area (Å²) in [7, 11) is -4.31. The molecule has 0 saturated carbocycles. The van der Waals surface area contributed by atoms with Crippen LogP contribution in [0.2, 0.25) is 5.02 Å². The van der Waals surface area contributed by atoms with Gasteiger partial charge in [-0.2, -0.15) is 0 Å². The van der Waals surface area contributed by atoms with Gasteiger partial charge >= 0.3 is 13.8 Å². The van der Waals surface area contributed by atoms with Crippen molar-refractivity contribution >= 4 is 37.2 Å². The largest absolute Gasteiger partial charge is 0.477 e. The average Bonchev–Trinajstić information content (AvgIpc) is 3.00. The Morgan fingerprint density at radius 3 is 2.42 bits per heavy atom. The lowest BCUT2D eigenvalue weighted by molar-refractivity contribution is -0.310. The predicted molar refractivity (Wildman–Crippen MR) is 155 cm³/mol. The van der Waals surface area contributed by atoms with Crippen molar-refractivity contribution in [1.29, 1.82) is 0 Å². The second-order valence-corrected chi connectivity index (χ2v) is 11.9. The van der Waals surface area contributed by atoms with E-state index in [9.17, 15) is 49.4 Å². The highest BCUT2D eigenvalue weighted by atomic mass is 35.5. The van der Waals surface area contributed by atoms with Gasteiger partial charge < -0.3 is 50.5 Å². The van der Waals surface area contributed by atoms with Gasteiger partial charge in [-0.3, -0.25) is 18.6 Å². The molecule has 1 heterocycles. The SMILES string of the molecule is C#CCOP(=O)(O)OCCCCCO[C@]1(C(=O)O)C[C@H](O)[C@@H](NC(=O)CO)C([C@H](O)[C@H](O)CNC(=O)Cc2ccc(Cl)cc2)O1. The number of amides is 2. The minimum atomic E-state index is -4.31. The Labute approximate surface area is 264 Å². The summed E-state index contributed by atoms with van der Waals surface area (Å²) in [6.07, 6.45) is -2.23. The van der Waals surface area contributed by atoms with Gasteiger partial charge in [0, 0.05) is 18.0 Å². The minimum Gasteiger partial charge on any atom is -0.477 e. The molecule has 18 heteroatoms. The number of aliphatic hydroxyl groups is 4. The number of phosphoric acid groups is 1. The third-order valence-corrected chi connectivity index (χ3v) is 7.79. The fraction of sp³-hybridized carbons (Fsp3) is 0.593. The summed E-state index contributed by atoms with van der Waals surface area (Å²) in [5.74, 6) is -3.67. The monoisotopic (exact) mass is 680 g/mol. The molecule has 0 aliphatic carbocycles. The molecule has 1 aromatic rings. The summed E-state index contributed by atoms with van der Waals surface area (Å²) < 4.78 is 32.0. The molecule has 16 nitrogen and oxygen atoms in total. The molecule has 0 radical (unpaired) electrons. The molecule has 2 rings (SSSR count). The zero-order valence-corrected chi connectivity index (χ0v) is 25.8. The Morgan fingerprint density at radius 2 is 1.80 bits per heavy atom. The summed E-state index contributed by atoms with van der Waals surface area (Å²) in [6, 6.07) is 4.95. The van der Waals surface area contributed by atoms with Gasteiger partial charge in [0.05, 0.1) is 37.9 Å². The third kappa shape index (κ3) is 12.6. The summed E-state index contributed by atoms with van der Waals surface area (Å²) in [5, 5.41) is 56.8. The molecule has 8 N–H and O–H groups in total. The van der Waals surface area contributed by atoms with E-state index in [0.717, 1.165) is 0 Å². The lowest BCUT2D eigenvalue weighted by Crippen LogP contribution is -2.68. The Kier molecular flexibility index (Phi) is 15.8. The lowest BCUT2D eigenvalue weighted by Gasteiger charge is -2.46. The quantitative estimate of drug-likeness (QED) is 0.0500. The molecule has 0 aromatic heterocycles. The van der Waals surface area contributed by atoms with Gasteiger partial charge in [-0.05, 0) is 37.0 Å². The maximum atomic E-state index is 12.4. The van der Waals surface area contributed by atoms with E-state index >= 15 is 0 Å². The molecule has 252 valence electrons. The van der Waals surface area contributed by atoms with Crippen LogP contribution in [-0.2, 0) is 43.9 Å². The molecule has 2 unspecified atom stereocenters. The van der Waals surface area contributed by atoms with Gasteiger partial charge in [0.1, 0.15) is 25.4 Å². The zero-order valence-electron chi connectivity index (χ0n) is 24.1. The van der Waals surface area contributed by atoms with Crippen LogP contribution in [0.3, 0.4) is 0 Å². The normalized spacial score (nSPS) is 24.1. The van der Waals surface area contributed by atoms with E-state index in [1.165, 1.54) is 0 Å². The first-order chi connectivity index (χ1) is 21.2. The number of ether oxygens (including phenoxy) is 2. The van der Waals surface area contributed by atoms with E-state index < -0.39 is 88.0 Å². The second-order valence-electron chi connectivity index (χ2n) is 10.0. The molecular formula is C27H38ClN2O14P. The number of carboxylic acid groups (broad SMARTS) is 1. The number of nitrogens with one attached hydrogen (secondary N) is 2. The van der Waals surface area contributed by atoms with Crippen molar-refractivity contribution < 1.29 is 67.9 Å². The molecule has 1 saturated heterocycles. The number of carbonyl (C=O) groups is 3. The number of carbonyl (C=O) groups excluding carboxylic acids is 2. The smallest absolute Gasteiger partial charge is 0.473 e. The van der Waals surface area contributed by atoms with Gasteiger partial charge in [-0.15, -0.1) is 6.42 Å².